The molecule has 3 atom stereocenters. The molecule has 0 radical (unpaired) electrons. The fourth-order valence-corrected chi connectivity index (χ4v) is 4.03. The summed E-state index contributed by atoms with van der Waals surface area (Å²) in [6.45, 7) is 2.13. The van der Waals surface area contributed by atoms with Crippen molar-refractivity contribution >= 4 is 11.7 Å². The van der Waals surface area contributed by atoms with Crippen LogP contribution in [-0.4, -0.2) is 12.6 Å². The van der Waals surface area contributed by atoms with Crippen LogP contribution < -0.4 is 5.32 Å². The van der Waals surface area contributed by atoms with Crippen molar-refractivity contribution in [1.82, 2.24) is 0 Å². The maximum atomic E-state index is 13.8. The second kappa shape index (κ2) is 6.36. The largest absolute Gasteiger partial charge is 0.462 e. The molecule has 0 spiro atoms. The summed E-state index contributed by atoms with van der Waals surface area (Å²) in [6, 6.07) is 12.4. The Morgan fingerprint density at radius 3 is 2.92 bits per heavy atom. The van der Waals surface area contributed by atoms with Gasteiger partial charge < -0.3 is 10.1 Å². The van der Waals surface area contributed by atoms with E-state index in [1.54, 1.807) is 25.1 Å². The number of anilines is 1. The molecule has 128 valence electrons. The SMILES string of the molecule is CCOC(=O)c1cccc2c1N[C@H](c1cccc(F)c1)[C@H]1CC=C[C@H]21. The maximum Gasteiger partial charge on any atom is 0.340 e. The van der Waals surface area contributed by atoms with Gasteiger partial charge in [-0.05, 0) is 48.6 Å². The van der Waals surface area contributed by atoms with Crippen molar-refractivity contribution < 1.29 is 13.9 Å². The van der Waals surface area contributed by atoms with Gasteiger partial charge in [0.15, 0.2) is 0 Å². The molecular formula is C21H20FNO2. The predicted molar refractivity (Wildman–Crippen MR) is 95.2 cm³/mol. The molecule has 4 rings (SSSR count). The van der Waals surface area contributed by atoms with Gasteiger partial charge in [-0.2, -0.15) is 0 Å². The second-order valence-electron chi connectivity index (χ2n) is 6.52. The Morgan fingerprint density at radius 1 is 1.28 bits per heavy atom. The van der Waals surface area contributed by atoms with E-state index in [1.807, 2.05) is 12.1 Å². The van der Waals surface area contributed by atoms with Crippen molar-refractivity contribution in [1.29, 1.82) is 0 Å². The number of nitrogens with one attached hydrogen (secondary N) is 1. The van der Waals surface area contributed by atoms with Gasteiger partial charge in [0.25, 0.3) is 0 Å². The second-order valence-corrected chi connectivity index (χ2v) is 6.52. The number of carbonyl (C=O) groups is 1. The summed E-state index contributed by atoms with van der Waals surface area (Å²) >= 11 is 0. The standard InChI is InChI=1S/C21H20FNO2/c1-2-25-21(24)18-11-5-10-17-15-8-4-9-16(15)19(23-20(17)18)13-6-3-7-14(22)12-13/h3-8,10-12,15-16,19,23H,2,9H2,1H3/t15-,16-,19+/m0/s1. The predicted octanol–water partition coefficient (Wildman–Crippen LogP) is 4.83. The van der Waals surface area contributed by atoms with E-state index in [1.165, 1.54) is 6.07 Å². The monoisotopic (exact) mass is 337 g/mol. The molecule has 2 aromatic carbocycles. The molecule has 0 aromatic heterocycles. The highest BCUT2D eigenvalue weighted by atomic mass is 19.1. The first-order valence-corrected chi connectivity index (χ1v) is 8.67. The number of rotatable bonds is 3. The summed E-state index contributed by atoms with van der Waals surface area (Å²) in [4.78, 5) is 12.4. The first-order valence-electron chi connectivity index (χ1n) is 8.67. The van der Waals surface area contributed by atoms with Crippen molar-refractivity contribution in [2.75, 3.05) is 11.9 Å². The van der Waals surface area contributed by atoms with E-state index in [-0.39, 0.29) is 23.7 Å². The Labute approximate surface area is 146 Å². The minimum absolute atomic E-state index is 0.0428. The average molecular weight is 337 g/mol. The lowest BCUT2D eigenvalue weighted by molar-refractivity contribution is 0.0527. The third kappa shape index (κ3) is 2.72. The lowest BCUT2D eigenvalue weighted by Crippen LogP contribution is -2.30. The molecule has 1 aliphatic carbocycles. The van der Waals surface area contributed by atoms with Crippen LogP contribution in [0.25, 0.3) is 0 Å². The van der Waals surface area contributed by atoms with Crippen molar-refractivity contribution in [2.24, 2.45) is 5.92 Å². The number of hydrogen-bond donors (Lipinski definition) is 1. The molecule has 0 fully saturated rings. The van der Waals surface area contributed by atoms with E-state index in [0.717, 1.165) is 23.2 Å². The number of esters is 1. The molecule has 25 heavy (non-hydrogen) atoms. The van der Waals surface area contributed by atoms with Gasteiger partial charge in [-0.1, -0.05) is 36.4 Å². The van der Waals surface area contributed by atoms with Crippen molar-refractivity contribution in [3.63, 3.8) is 0 Å². The minimum atomic E-state index is -0.328. The van der Waals surface area contributed by atoms with Gasteiger partial charge in [0.1, 0.15) is 5.82 Å². The third-order valence-corrected chi connectivity index (χ3v) is 5.10. The van der Waals surface area contributed by atoms with Crippen LogP contribution in [0.4, 0.5) is 10.1 Å². The molecule has 1 aliphatic heterocycles. The van der Waals surface area contributed by atoms with Crippen LogP contribution in [0.3, 0.4) is 0 Å². The number of allylic oxidation sites excluding steroid dienone is 2. The molecule has 2 aliphatic rings. The summed E-state index contributed by atoms with van der Waals surface area (Å²) in [5.74, 6) is -0.0396. The Hall–Kier alpha value is -2.62. The molecule has 0 bridgehead atoms. The molecule has 0 unspecified atom stereocenters. The first-order chi connectivity index (χ1) is 12.2. The molecule has 0 saturated carbocycles. The van der Waals surface area contributed by atoms with Crippen LogP contribution >= 0.6 is 0 Å². The topological polar surface area (TPSA) is 38.3 Å². The summed E-state index contributed by atoms with van der Waals surface area (Å²) in [5.41, 5.74) is 3.36. The zero-order valence-corrected chi connectivity index (χ0v) is 14.0. The summed E-state index contributed by atoms with van der Waals surface area (Å²) < 4.78 is 19.0. The number of carbonyl (C=O) groups excluding carboxylic acids is 1. The number of fused-ring (bicyclic) bond motifs is 3. The van der Waals surface area contributed by atoms with Gasteiger partial charge in [-0.15, -0.1) is 0 Å². The molecule has 2 aromatic rings. The van der Waals surface area contributed by atoms with E-state index in [9.17, 15) is 9.18 Å². The first kappa shape index (κ1) is 15.9. The fraction of sp³-hybridized carbons (Fsp3) is 0.286. The number of para-hydroxylation sites is 1. The minimum Gasteiger partial charge on any atom is -0.462 e. The number of hydrogen-bond acceptors (Lipinski definition) is 3. The van der Waals surface area contributed by atoms with Gasteiger partial charge in [0.05, 0.1) is 23.9 Å². The number of benzene rings is 2. The van der Waals surface area contributed by atoms with Gasteiger partial charge in [-0.3, -0.25) is 0 Å². The van der Waals surface area contributed by atoms with Crippen molar-refractivity contribution in [3.05, 3.63) is 77.1 Å². The molecular weight excluding hydrogens is 317 g/mol. The van der Waals surface area contributed by atoms with E-state index in [2.05, 4.69) is 23.5 Å². The van der Waals surface area contributed by atoms with Crippen LogP contribution in [0.15, 0.2) is 54.6 Å². The van der Waals surface area contributed by atoms with Gasteiger partial charge >= 0.3 is 5.97 Å². The Kier molecular flexibility index (Phi) is 4.04. The molecule has 4 heteroatoms. The fourth-order valence-electron chi connectivity index (χ4n) is 4.03. The third-order valence-electron chi connectivity index (χ3n) is 5.10. The van der Waals surface area contributed by atoms with Crippen LogP contribution in [-0.2, 0) is 4.74 Å². The van der Waals surface area contributed by atoms with E-state index < -0.39 is 0 Å². The van der Waals surface area contributed by atoms with Crippen LogP contribution in [0.1, 0.15) is 46.8 Å². The zero-order valence-electron chi connectivity index (χ0n) is 14.0. The molecule has 0 saturated heterocycles. The molecule has 0 amide bonds. The Bertz CT molecular complexity index is 846. The van der Waals surface area contributed by atoms with Gasteiger partial charge in [0, 0.05) is 5.92 Å². The van der Waals surface area contributed by atoms with E-state index >= 15 is 0 Å². The maximum absolute atomic E-state index is 13.8. The quantitative estimate of drug-likeness (QED) is 0.644. The smallest absolute Gasteiger partial charge is 0.340 e. The molecule has 3 nitrogen and oxygen atoms in total. The highest BCUT2D eigenvalue weighted by Crippen LogP contribution is 2.50. The number of ether oxygens (including phenoxy) is 1. The van der Waals surface area contributed by atoms with E-state index in [4.69, 9.17) is 4.74 Å². The van der Waals surface area contributed by atoms with E-state index in [0.29, 0.717) is 18.1 Å². The molecule has 1 heterocycles. The van der Waals surface area contributed by atoms with Gasteiger partial charge in [0.2, 0.25) is 0 Å². The van der Waals surface area contributed by atoms with Gasteiger partial charge in [-0.25, -0.2) is 9.18 Å². The number of halogens is 1. The highest BCUT2D eigenvalue weighted by molar-refractivity contribution is 5.97. The van der Waals surface area contributed by atoms with Crippen molar-refractivity contribution in [2.45, 2.75) is 25.3 Å². The lowest BCUT2D eigenvalue weighted by Gasteiger charge is -2.38. The normalized spacial score (nSPS) is 23.5. The summed E-state index contributed by atoms with van der Waals surface area (Å²) in [7, 11) is 0. The Balaban J connectivity index is 1.80. The van der Waals surface area contributed by atoms with Crippen LogP contribution in [0, 0.1) is 11.7 Å². The average Bonchev–Trinajstić information content (AvgIpc) is 3.10. The highest BCUT2D eigenvalue weighted by Gasteiger charge is 2.39. The molecule has 1 N–H and O–H groups in total. The summed E-state index contributed by atoms with van der Waals surface area (Å²) in [5, 5.41) is 3.51. The lowest BCUT2D eigenvalue weighted by atomic mass is 9.76. The van der Waals surface area contributed by atoms with Crippen LogP contribution in [0.5, 0.6) is 0 Å². The van der Waals surface area contributed by atoms with Crippen molar-refractivity contribution in [3.8, 4) is 0 Å². The Morgan fingerprint density at radius 2 is 2.12 bits per heavy atom. The van der Waals surface area contributed by atoms with Crippen LogP contribution in [0.2, 0.25) is 0 Å². The zero-order chi connectivity index (χ0) is 17.4. The summed E-state index contributed by atoms with van der Waals surface area (Å²) in [6.07, 6.45) is 5.31.